The van der Waals surface area contributed by atoms with Crippen molar-refractivity contribution in [3.05, 3.63) is 29.8 Å². The smallest absolute Gasteiger partial charge is 0.213 e. The largest absolute Gasteiger partial charge is 0.296 e. The molecule has 0 bridgehead atoms. The van der Waals surface area contributed by atoms with Gasteiger partial charge in [-0.2, -0.15) is 4.31 Å². The van der Waals surface area contributed by atoms with Crippen LogP contribution in [0, 0.1) is 0 Å². The monoisotopic (exact) mass is 314 g/mol. The summed E-state index contributed by atoms with van der Waals surface area (Å²) >= 11 is 1.74. The molecule has 1 fully saturated rings. The number of rotatable bonds is 5. The summed E-state index contributed by atoms with van der Waals surface area (Å²) in [4.78, 5) is 3.59. The molecule has 1 aromatic rings. The predicted molar refractivity (Wildman–Crippen MR) is 84.5 cm³/mol. The lowest BCUT2D eigenvalue weighted by molar-refractivity contribution is 0.181. The number of sulfonamides is 1. The zero-order chi connectivity index (χ0) is 14.6. The summed E-state index contributed by atoms with van der Waals surface area (Å²) in [5, 5.41) is 0. The highest BCUT2D eigenvalue weighted by molar-refractivity contribution is 7.98. The van der Waals surface area contributed by atoms with Crippen molar-refractivity contribution in [3.8, 4) is 0 Å². The molecule has 0 aliphatic carbocycles. The zero-order valence-electron chi connectivity index (χ0n) is 12.1. The van der Waals surface area contributed by atoms with Crippen molar-refractivity contribution < 1.29 is 8.42 Å². The Bertz CT molecular complexity index is 521. The summed E-state index contributed by atoms with van der Waals surface area (Å²) < 4.78 is 25.2. The number of thioether (sulfide) groups is 1. The third-order valence-corrected chi connectivity index (χ3v) is 6.28. The molecular formula is C14H22N2O2S2. The predicted octanol–water partition coefficient (Wildman–Crippen LogP) is 1.88. The lowest BCUT2D eigenvalue weighted by Gasteiger charge is -2.33. The van der Waals surface area contributed by atoms with Gasteiger partial charge in [0.1, 0.15) is 0 Å². The number of benzene rings is 1. The van der Waals surface area contributed by atoms with E-state index in [1.165, 1.54) is 10.5 Å². The van der Waals surface area contributed by atoms with Crippen LogP contribution in [0.5, 0.6) is 0 Å². The second-order valence-corrected chi connectivity index (χ2v) is 8.06. The maximum absolute atomic E-state index is 11.8. The van der Waals surface area contributed by atoms with Crippen LogP contribution in [0.25, 0.3) is 0 Å². The Hall–Kier alpha value is -0.560. The SMILES string of the molecule is CCS(=O)(=O)N1CCN(Cc2ccc(SC)cc2)CC1. The van der Waals surface area contributed by atoms with Crippen molar-refractivity contribution in [1.82, 2.24) is 9.21 Å². The molecule has 1 aromatic carbocycles. The van der Waals surface area contributed by atoms with Crippen LogP contribution < -0.4 is 0 Å². The first-order valence-corrected chi connectivity index (χ1v) is 9.71. The Morgan fingerprint density at radius 3 is 2.20 bits per heavy atom. The van der Waals surface area contributed by atoms with E-state index in [4.69, 9.17) is 0 Å². The van der Waals surface area contributed by atoms with E-state index in [9.17, 15) is 8.42 Å². The van der Waals surface area contributed by atoms with Crippen LogP contribution in [0.3, 0.4) is 0 Å². The molecule has 0 unspecified atom stereocenters. The molecule has 20 heavy (non-hydrogen) atoms. The van der Waals surface area contributed by atoms with Gasteiger partial charge in [-0.05, 0) is 30.9 Å². The molecule has 1 heterocycles. The Balaban J connectivity index is 1.88. The van der Waals surface area contributed by atoms with Crippen LogP contribution in [0.1, 0.15) is 12.5 Å². The van der Waals surface area contributed by atoms with Crippen LogP contribution >= 0.6 is 11.8 Å². The molecular weight excluding hydrogens is 292 g/mol. The van der Waals surface area contributed by atoms with E-state index in [2.05, 4.69) is 35.4 Å². The van der Waals surface area contributed by atoms with Crippen molar-refractivity contribution >= 4 is 21.8 Å². The van der Waals surface area contributed by atoms with Gasteiger partial charge in [0.05, 0.1) is 5.75 Å². The highest BCUT2D eigenvalue weighted by Crippen LogP contribution is 2.17. The molecule has 0 atom stereocenters. The molecule has 0 saturated carbocycles. The minimum absolute atomic E-state index is 0.198. The molecule has 1 saturated heterocycles. The van der Waals surface area contributed by atoms with Crippen LogP contribution in [0.2, 0.25) is 0 Å². The average Bonchev–Trinajstić information content (AvgIpc) is 2.48. The number of piperazine rings is 1. The molecule has 6 heteroatoms. The molecule has 2 rings (SSSR count). The quantitative estimate of drug-likeness (QED) is 0.778. The highest BCUT2D eigenvalue weighted by Gasteiger charge is 2.25. The summed E-state index contributed by atoms with van der Waals surface area (Å²) in [6.45, 7) is 5.44. The number of nitrogens with zero attached hydrogens (tertiary/aromatic N) is 2. The lowest BCUT2D eigenvalue weighted by Crippen LogP contribution is -2.48. The summed E-state index contributed by atoms with van der Waals surface area (Å²) in [5.41, 5.74) is 1.29. The molecule has 1 aliphatic rings. The number of hydrogen-bond donors (Lipinski definition) is 0. The van der Waals surface area contributed by atoms with E-state index < -0.39 is 10.0 Å². The van der Waals surface area contributed by atoms with Gasteiger partial charge in [0.15, 0.2) is 0 Å². The fraction of sp³-hybridized carbons (Fsp3) is 0.571. The van der Waals surface area contributed by atoms with E-state index in [0.29, 0.717) is 13.1 Å². The van der Waals surface area contributed by atoms with Crippen molar-refractivity contribution in [3.63, 3.8) is 0 Å². The van der Waals surface area contributed by atoms with Crippen molar-refractivity contribution in [2.24, 2.45) is 0 Å². The zero-order valence-corrected chi connectivity index (χ0v) is 13.7. The summed E-state index contributed by atoms with van der Waals surface area (Å²) in [6, 6.07) is 8.58. The molecule has 0 aromatic heterocycles. The van der Waals surface area contributed by atoms with Gasteiger partial charge in [0.2, 0.25) is 10.0 Å². The van der Waals surface area contributed by atoms with Gasteiger partial charge in [-0.1, -0.05) is 12.1 Å². The summed E-state index contributed by atoms with van der Waals surface area (Å²) in [5.74, 6) is 0.198. The molecule has 0 spiro atoms. The molecule has 0 radical (unpaired) electrons. The van der Waals surface area contributed by atoms with Crippen LogP contribution in [-0.4, -0.2) is 55.8 Å². The lowest BCUT2D eigenvalue weighted by atomic mass is 10.2. The van der Waals surface area contributed by atoms with E-state index in [1.54, 1.807) is 23.0 Å². The first kappa shape index (κ1) is 15.8. The third-order valence-electron chi connectivity index (χ3n) is 3.65. The van der Waals surface area contributed by atoms with Crippen molar-refractivity contribution in [2.75, 3.05) is 38.2 Å². The minimum Gasteiger partial charge on any atom is -0.296 e. The normalized spacial score (nSPS) is 18.3. The maximum Gasteiger partial charge on any atom is 0.213 e. The fourth-order valence-corrected chi connectivity index (χ4v) is 3.83. The summed E-state index contributed by atoms with van der Waals surface area (Å²) in [7, 11) is -3.02. The molecule has 0 N–H and O–H groups in total. The third kappa shape index (κ3) is 3.97. The van der Waals surface area contributed by atoms with E-state index in [1.807, 2.05) is 0 Å². The van der Waals surface area contributed by atoms with E-state index in [0.717, 1.165) is 19.6 Å². The standard InChI is InChI=1S/C14H22N2O2S2/c1-3-20(17,18)16-10-8-15(9-11-16)12-13-4-6-14(19-2)7-5-13/h4-7H,3,8-12H2,1-2H3. The minimum atomic E-state index is -3.02. The van der Waals surface area contributed by atoms with Gasteiger partial charge in [0, 0.05) is 37.6 Å². The second kappa shape index (κ2) is 6.93. The van der Waals surface area contributed by atoms with Crippen molar-refractivity contribution in [2.45, 2.75) is 18.4 Å². The Morgan fingerprint density at radius 1 is 1.10 bits per heavy atom. The topological polar surface area (TPSA) is 40.6 Å². The second-order valence-electron chi connectivity index (χ2n) is 4.92. The molecule has 112 valence electrons. The average molecular weight is 314 g/mol. The first-order valence-electron chi connectivity index (χ1n) is 6.88. The van der Waals surface area contributed by atoms with Gasteiger partial charge in [0.25, 0.3) is 0 Å². The Morgan fingerprint density at radius 2 is 1.70 bits per heavy atom. The van der Waals surface area contributed by atoms with E-state index in [-0.39, 0.29) is 5.75 Å². The van der Waals surface area contributed by atoms with Gasteiger partial charge in [-0.15, -0.1) is 11.8 Å². The van der Waals surface area contributed by atoms with Crippen LogP contribution in [0.15, 0.2) is 29.2 Å². The van der Waals surface area contributed by atoms with Gasteiger partial charge in [-0.3, -0.25) is 4.90 Å². The van der Waals surface area contributed by atoms with Crippen LogP contribution in [-0.2, 0) is 16.6 Å². The maximum atomic E-state index is 11.8. The molecule has 4 nitrogen and oxygen atoms in total. The molecule has 1 aliphatic heterocycles. The van der Waals surface area contributed by atoms with Crippen LogP contribution in [0.4, 0.5) is 0 Å². The fourth-order valence-electron chi connectivity index (χ4n) is 2.34. The van der Waals surface area contributed by atoms with Gasteiger partial charge >= 0.3 is 0 Å². The number of hydrogen-bond acceptors (Lipinski definition) is 4. The Labute approximate surface area is 126 Å². The highest BCUT2D eigenvalue weighted by atomic mass is 32.2. The van der Waals surface area contributed by atoms with Crippen molar-refractivity contribution in [1.29, 1.82) is 0 Å². The van der Waals surface area contributed by atoms with Gasteiger partial charge in [-0.25, -0.2) is 8.42 Å². The first-order chi connectivity index (χ1) is 9.55. The Kier molecular flexibility index (Phi) is 5.49. The van der Waals surface area contributed by atoms with Gasteiger partial charge < -0.3 is 0 Å². The summed E-state index contributed by atoms with van der Waals surface area (Å²) in [6.07, 6.45) is 2.07. The molecule has 0 amide bonds. The van der Waals surface area contributed by atoms with E-state index >= 15 is 0 Å².